The van der Waals surface area contributed by atoms with Crippen LogP contribution in [0.3, 0.4) is 0 Å². The molecule has 119 heavy (non-hydrogen) atoms. The Kier molecular flexibility index (Phi) is 42.6. The van der Waals surface area contributed by atoms with Gasteiger partial charge in [0.1, 0.15) is 43.0 Å². The Morgan fingerprint density at radius 3 is 0.916 bits per heavy atom. The lowest BCUT2D eigenvalue weighted by Gasteiger charge is -2.21. The number of nitrogens with zero attached hydrogens (tertiary/aromatic N) is 8. The van der Waals surface area contributed by atoms with Crippen molar-refractivity contribution in [3.8, 4) is 0 Å². The van der Waals surface area contributed by atoms with Crippen LogP contribution in [-0.4, -0.2) is 106 Å². The number of nitro groups is 4. The van der Waals surface area contributed by atoms with E-state index in [9.17, 15) is 78.3 Å². The van der Waals surface area contributed by atoms with Crippen LogP contribution in [0.1, 0.15) is 136 Å². The quantitative estimate of drug-likeness (QED) is 0.0111. The third kappa shape index (κ3) is 40.9. The highest BCUT2D eigenvalue weighted by Crippen LogP contribution is 2.33. The van der Waals surface area contributed by atoms with Gasteiger partial charge < -0.3 is 26.2 Å². The molecule has 0 saturated heterocycles. The normalized spacial score (nSPS) is 12.3. The summed E-state index contributed by atoms with van der Waals surface area (Å²) in [6.45, 7) is 34.2. The lowest BCUT2D eigenvalue weighted by Crippen LogP contribution is -2.33. The fraction of sp³-hybridized carbons (Fsp3) is 0.371. The molecule has 0 saturated carbocycles. The number of hydrogen-bond acceptors (Lipinski definition) is 24. The van der Waals surface area contributed by atoms with E-state index in [1.165, 1.54) is 99.6 Å². The van der Waals surface area contributed by atoms with Gasteiger partial charge in [0.05, 0.1) is 76.6 Å². The molecule has 3 atom stereocenters. The van der Waals surface area contributed by atoms with Gasteiger partial charge in [-0.05, 0) is 233 Å². The molecule has 0 radical (unpaired) electrons. The molecule has 0 aliphatic carbocycles. The zero-order chi connectivity index (χ0) is 92.6. The van der Waals surface area contributed by atoms with Crippen LogP contribution in [0.5, 0.6) is 0 Å². The second-order valence-corrected chi connectivity index (χ2v) is 47.6. The molecule has 0 fully saturated rings. The molecule has 658 valence electrons. The van der Waals surface area contributed by atoms with Crippen LogP contribution in [0, 0.1) is 54.3 Å². The molecule has 0 bridgehead atoms. The molecule has 0 amide bonds. The van der Waals surface area contributed by atoms with Crippen molar-refractivity contribution in [1.29, 1.82) is 0 Å². The second kappa shape index (κ2) is 46.2. The van der Waals surface area contributed by atoms with E-state index in [1.807, 2.05) is 34.6 Å². The van der Waals surface area contributed by atoms with Gasteiger partial charge in [-0.1, -0.05) is 81.2 Å². The number of nitro benzene ring substituents is 4. The van der Waals surface area contributed by atoms with Crippen LogP contribution in [0.15, 0.2) is 122 Å². The largest absolute Gasteiger partial charge is 0.399 e. The van der Waals surface area contributed by atoms with E-state index in [0.717, 1.165) is 23.3 Å². The van der Waals surface area contributed by atoms with Gasteiger partial charge in [0.25, 0.3) is 22.7 Å². The summed E-state index contributed by atoms with van der Waals surface area (Å²) in [5, 5.41) is 47.5. The Morgan fingerprint density at radius 1 is 0.361 bits per heavy atom. The van der Waals surface area contributed by atoms with Crippen molar-refractivity contribution in [2.24, 2.45) is 0 Å². The first-order valence-corrected chi connectivity index (χ1v) is 45.7. The summed E-state index contributed by atoms with van der Waals surface area (Å²) in [6, 6.07) is 25.0. The molecule has 2 aromatic heterocycles. The summed E-state index contributed by atoms with van der Waals surface area (Å²) in [6.07, 6.45) is 3.17. The number of aromatic nitrogens is 4. The smallest absolute Gasteiger partial charge is 0.273 e. The van der Waals surface area contributed by atoms with E-state index in [2.05, 4.69) is 48.9 Å². The standard InChI is InChI=1S/C15H18Cl2N4O2S.C10H13ClN2O4S.2C10H13ClN2O3S.C10H15ClN2O2S.C6H5ClN2O2.C5H4Cl2N2.C4H9ClOS/c1-9-8-18-14(17)20-13(9)19-11-5-10(16)6-12(7-11)21-24(22,23)15(2,3)4;1-10(2,3)18(16,17)12-8-4-7(11)5-9(6-8)13(14)15;2*1-10(2,3)17(16)12-8-4-7(11)5-9(6-8)13(14)15;1-10(2,3)16(14,15)13-9-5-7(11)4-8(12)6-9;7-4-1-5(8)3-6(2-4)9(10)11;1-3-2-8-5(7)9-4(3)6;1-4(2,3)7(5)6/h5-8,21H,1-4H3,(H,18,19,20);4-6,12H,1-3H3;2*4-6,12H,1-3H3;4-6,13H,12H2,1-3H3;1-3H,8H2;2H,1H3;1-3H3. The van der Waals surface area contributed by atoms with E-state index in [0.29, 0.717) is 60.8 Å². The molecular weight excluding hydrogens is 1880 g/mol. The fourth-order valence-electron chi connectivity index (χ4n) is 6.84. The predicted octanol–water partition coefficient (Wildman–Crippen LogP) is 21.5. The third-order valence-electron chi connectivity index (χ3n) is 13.5. The number of anilines is 9. The van der Waals surface area contributed by atoms with E-state index in [-0.39, 0.29) is 63.8 Å². The molecule has 0 spiro atoms. The lowest BCUT2D eigenvalue weighted by molar-refractivity contribution is -0.385. The van der Waals surface area contributed by atoms with Crippen LogP contribution < -0.4 is 40.4 Å². The summed E-state index contributed by atoms with van der Waals surface area (Å²) >= 11 is 51.4. The minimum Gasteiger partial charge on any atom is -0.399 e. The molecule has 8 rings (SSSR count). The van der Waals surface area contributed by atoms with Crippen LogP contribution >= 0.6 is 115 Å². The number of rotatable bonds is 16. The lowest BCUT2D eigenvalue weighted by atomic mass is 10.2. The average molecular weight is 1970 g/mol. The molecule has 33 nitrogen and oxygen atoms in total. The Labute approximate surface area is 748 Å². The van der Waals surface area contributed by atoms with Crippen molar-refractivity contribution in [2.75, 3.05) is 40.4 Å². The average Bonchev–Trinajstić information content (AvgIpc) is 0.819. The van der Waals surface area contributed by atoms with Crippen molar-refractivity contribution in [3.63, 3.8) is 0 Å². The first-order valence-electron chi connectivity index (χ1n) is 33.6. The van der Waals surface area contributed by atoms with Crippen molar-refractivity contribution in [2.45, 2.75) is 167 Å². The Hall–Kier alpha value is -7.32. The summed E-state index contributed by atoms with van der Waals surface area (Å²) in [5.41, 5.74) is 14.7. The topological polar surface area (TPSA) is 502 Å². The van der Waals surface area contributed by atoms with Crippen LogP contribution in [0.25, 0.3) is 0 Å². The van der Waals surface area contributed by atoms with Gasteiger partial charge in [-0.2, -0.15) is 0 Å². The predicted molar refractivity (Wildman–Crippen MR) is 490 cm³/mol. The van der Waals surface area contributed by atoms with Crippen LogP contribution in [0.4, 0.5) is 74.1 Å². The highest BCUT2D eigenvalue weighted by atomic mass is 35.7. The molecule has 3 unspecified atom stereocenters. The maximum Gasteiger partial charge on any atom is 0.273 e. The van der Waals surface area contributed by atoms with Crippen molar-refractivity contribution < 1.29 is 57.6 Å². The third-order valence-corrected chi connectivity index (χ3v) is 27.3. The first kappa shape index (κ1) is 110. The molecule has 49 heteroatoms. The van der Waals surface area contributed by atoms with Crippen molar-refractivity contribution in [3.05, 3.63) is 219 Å². The number of halogens is 10. The molecule has 2 heterocycles. The number of hydrogen-bond donors (Lipinski definition) is 8. The van der Waals surface area contributed by atoms with E-state index in [4.69, 9.17) is 127 Å². The summed E-state index contributed by atoms with van der Waals surface area (Å²) < 4.78 is 115. The van der Waals surface area contributed by atoms with Gasteiger partial charge >= 0.3 is 0 Å². The van der Waals surface area contributed by atoms with E-state index >= 15 is 0 Å². The van der Waals surface area contributed by atoms with Gasteiger partial charge in [-0.25, -0.2) is 57.8 Å². The van der Waals surface area contributed by atoms with Crippen molar-refractivity contribution >= 4 is 251 Å². The van der Waals surface area contributed by atoms with Gasteiger partial charge in [0, 0.05) is 119 Å². The van der Waals surface area contributed by atoms with Crippen molar-refractivity contribution in [1.82, 2.24) is 19.9 Å². The summed E-state index contributed by atoms with van der Waals surface area (Å²) in [5.74, 6) is 0.516. The van der Waals surface area contributed by atoms with Gasteiger partial charge in [-0.3, -0.25) is 54.6 Å². The SMILES string of the molecule is CC(C)(C)S(=O)(=O)Nc1cc(Cl)cc([N+](=O)[O-])c1.CC(C)(C)S(=O)(=O)Nc1cc(N)cc(Cl)c1.CC(C)(C)S(=O)Cl.CC(C)(C)S(=O)Nc1cc(Cl)cc([N+](=O)[O-])c1.CC(C)(C)S(=O)Nc1cc(Cl)cc([N+](=O)[O-])c1.Cc1cnc(Cl)nc1Cl.Cc1cnc(Cl)nc1Nc1cc(Cl)cc(NS(=O)(=O)C(C)(C)C)c1.Nc1cc(Cl)cc([N+](=O)[O-])c1. The van der Waals surface area contributed by atoms with Gasteiger partial charge in [-0.15, -0.1) is 0 Å². The number of benzene rings is 6. The zero-order valence-corrected chi connectivity index (χ0v) is 79.9. The first-order chi connectivity index (χ1) is 53.7. The molecule has 0 aliphatic heterocycles. The Morgan fingerprint density at radius 2 is 0.622 bits per heavy atom. The van der Waals surface area contributed by atoms with Crippen LogP contribution in [0.2, 0.25) is 45.9 Å². The highest BCUT2D eigenvalue weighted by molar-refractivity contribution is 8.09. The van der Waals surface area contributed by atoms with Gasteiger partial charge in [0.2, 0.25) is 40.6 Å². The number of nitrogen functional groups attached to an aromatic ring is 2. The molecule has 8 aromatic rings. The minimum atomic E-state index is -3.64. The van der Waals surface area contributed by atoms with E-state index in [1.54, 1.807) is 114 Å². The number of non-ortho nitro benzene ring substituents is 4. The minimum absolute atomic E-state index is 0.0733. The fourth-order valence-corrected chi connectivity index (χ4v) is 12.2. The maximum atomic E-state index is 12.3. The highest BCUT2D eigenvalue weighted by Gasteiger charge is 2.32. The zero-order valence-electron chi connectivity index (χ0n) is 67.4. The molecular formula is C70H90Cl10N16O17S6. The molecule has 10 N–H and O–H groups in total. The Balaban J connectivity index is 0.000000695. The monoisotopic (exact) mass is 1970 g/mol. The maximum absolute atomic E-state index is 12.3. The number of sulfonamides is 3. The summed E-state index contributed by atoms with van der Waals surface area (Å²) in [4.78, 5) is 55.2. The van der Waals surface area contributed by atoms with Crippen LogP contribution in [-0.2, 0) is 62.1 Å². The van der Waals surface area contributed by atoms with E-state index < -0.39 is 105 Å². The Bertz CT molecular complexity index is 5240. The summed E-state index contributed by atoms with van der Waals surface area (Å²) in [7, 11) is -9.33. The number of nitrogens with two attached hydrogens (primary N) is 2. The number of aryl methyl sites for hydroxylation is 2. The second-order valence-electron chi connectivity index (χ2n) is 30.2. The van der Waals surface area contributed by atoms with Gasteiger partial charge in [0.15, 0.2) is 0 Å². The number of nitrogens with one attached hydrogen (secondary N) is 6. The molecule has 0 aliphatic rings. The molecule has 6 aromatic carbocycles.